The van der Waals surface area contributed by atoms with Gasteiger partial charge in [0, 0.05) is 21.6 Å². The van der Waals surface area contributed by atoms with Crippen LogP contribution in [-0.2, 0) is 6.54 Å². The molecule has 3 aromatic rings. The lowest BCUT2D eigenvalue weighted by atomic mass is 10.4. The van der Waals surface area contributed by atoms with Crippen LogP contribution in [0.2, 0.25) is 0 Å². The van der Waals surface area contributed by atoms with E-state index in [0.717, 1.165) is 16.3 Å². The summed E-state index contributed by atoms with van der Waals surface area (Å²) in [4.78, 5) is 26.1. The molecule has 0 bridgehead atoms. The molecular weight excluding hydrogens is 330 g/mol. The van der Waals surface area contributed by atoms with Crippen molar-refractivity contribution in [1.29, 1.82) is 0 Å². The number of hydrogen-bond acceptors (Lipinski definition) is 7. The zero-order valence-corrected chi connectivity index (χ0v) is 14.3. The summed E-state index contributed by atoms with van der Waals surface area (Å²) < 4.78 is 0. The lowest BCUT2D eigenvalue weighted by Gasteiger charge is -2.03. The second-order valence-corrected chi connectivity index (χ2v) is 6.79. The van der Waals surface area contributed by atoms with Crippen LogP contribution in [0.1, 0.15) is 26.8 Å². The number of carbonyl (C=O) groups is 1. The minimum atomic E-state index is -0.191. The summed E-state index contributed by atoms with van der Waals surface area (Å²) in [5.41, 5.74) is 2.15. The molecule has 118 valence electrons. The number of nitrogens with zero attached hydrogens (tertiary/aromatic N) is 3. The van der Waals surface area contributed by atoms with Crippen molar-refractivity contribution in [2.75, 3.05) is 5.32 Å². The van der Waals surface area contributed by atoms with Crippen molar-refractivity contribution in [2.24, 2.45) is 0 Å². The van der Waals surface area contributed by atoms with Crippen LogP contribution in [0.15, 0.2) is 29.0 Å². The van der Waals surface area contributed by atoms with E-state index < -0.39 is 0 Å². The Kier molecular flexibility index (Phi) is 4.63. The summed E-state index contributed by atoms with van der Waals surface area (Å²) in [6.07, 6.45) is 0. The Balaban J connectivity index is 1.64. The Morgan fingerprint density at radius 2 is 1.96 bits per heavy atom. The Labute approximate surface area is 141 Å². The van der Waals surface area contributed by atoms with E-state index >= 15 is 0 Å². The SMILES string of the molecule is Cc1cc(C)nc(Nc2nc(C(=O)NCc3cccs3)cs2)n1. The molecule has 1 amide bonds. The van der Waals surface area contributed by atoms with Crippen LogP contribution >= 0.6 is 22.7 Å². The number of rotatable bonds is 5. The molecule has 0 unspecified atom stereocenters. The molecule has 3 aromatic heterocycles. The summed E-state index contributed by atoms with van der Waals surface area (Å²) in [6.45, 7) is 4.33. The summed E-state index contributed by atoms with van der Waals surface area (Å²) in [7, 11) is 0. The molecule has 0 saturated heterocycles. The van der Waals surface area contributed by atoms with Gasteiger partial charge in [-0.25, -0.2) is 15.0 Å². The molecule has 0 aliphatic heterocycles. The second kappa shape index (κ2) is 6.84. The predicted octanol–water partition coefficient (Wildman–Crippen LogP) is 3.29. The maximum absolute atomic E-state index is 12.1. The Morgan fingerprint density at radius 1 is 1.17 bits per heavy atom. The Bertz CT molecular complexity index is 793. The number of thiazole rings is 1. The lowest BCUT2D eigenvalue weighted by molar-refractivity contribution is 0.0947. The molecule has 0 aliphatic rings. The van der Waals surface area contributed by atoms with E-state index in [1.54, 1.807) is 16.7 Å². The van der Waals surface area contributed by atoms with Crippen LogP contribution in [-0.4, -0.2) is 20.9 Å². The fraction of sp³-hybridized carbons (Fsp3) is 0.200. The average molecular weight is 345 g/mol. The van der Waals surface area contributed by atoms with Gasteiger partial charge in [-0.2, -0.15) is 0 Å². The number of anilines is 2. The second-order valence-electron chi connectivity index (χ2n) is 4.90. The minimum absolute atomic E-state index is 0.191. The molecule has 0 radical (unpaired) electrons. The van der Waals surface area contributed by atoms with Crippen molar-refractivity contribution in [3.8, 4) is 0 Å². The molecule has 3 heterocycles. The van der Waals surface area contributed by atoms with E-state index in [2.05, 4.69) is 25.6 Å². The molecule has 8 heteroatoms. The minimum Gasteiger partial charge on any atom is -0.346 e. The van der Waals surface area contributed by atoms with Crippen LogP contribution < -0.4 is 10.6 Å². The predicted molar refractivity (Wildman–Crippen MR) is 92.4 cm³/mol. The van der Waals surface area contributed by atoms with E-state index in [1.165, 1.54) is 11.3 Å². The standard InChI is InChI=1S/C15H15N5OS2/c1-9-6-10(2)18-14(17-9)20-15-19-12(8-23-15)13(21)16-7-11-4-3-5-22-11/h3-6,8H,7H2,1-2H3,(H,16,21)(H,17,18,19,20). The van der Waals surface area contributed by atoms with Crippen LogP contribution in [0.25, 0.3) is 0 Å². The largest absolute Gasteiger partial charge is 0.346 e. The van der Waals surface area contributed by atoms with Crippen molar-refractivity contribution < 1.29 is 4.79 Å². The maximum Gasteiger partial charge on any atom is 0.271 e. The molecule has 3 rings (SSSR count). The first-order valence-corrected chi connectivity index (χ1v) is 8.71. The normalized spacial score (nSPS) is 10.5. The van der Waals surface area contributed by atoms with Gasteiger partial charge in [0.15, 0.2) is 5.13 Å². The van der Waals surface area contributed by atoms with Gasteiger partial charge in [0.05, 0.1) is 6.54 Å². The maximum atomic E-state index is 12.1. The number of aryl methyl sites for hydroxylation is 2. The van der Waals surface area contributed by atoms with Crippen LogP contribution in [0.5, 0.6) is 0 Å². The highest BCUT2D eigenvalue weighted by molar-refractivity contribution is 7.14. The van der Waals surface area contributed by atoms with E-state index in [1.807, 2.05) is 37.4 Å². The zero-order valence-electron chi connectivity index (χ0n) is 12.7. The molecule has 0 aliphatic carbocycles. The zero-order chi connectivity index (χ0) is 16.2. The van der Waals surface area contributed by atoms with Crippen LogP contribution in [0.4, 0.5) is 11.1 Å². The summed E-state index contributed by atoms with van der Waals surface area (Å²) in [5, 5.41) is 10.2. The Morgan fingerprint density at radius 3 is 2.65 bits per heavy atom. The first-order valence-electron chi connectivity index (χ1n) is 6.95. The van der Waals surface area contributed by atoms with Crippen LogP contribution in [0.3, 0.4) is 0 Å². The van der Waals surface area contributed by atoms with Crippen LogP contribution in [0, 0.1) is 13.8 Å². The molecule has 6 nitrogen and oxygen atoms in total. The van der Waals surface area contributed by atoms with Crippen molar-refractivity contribution >= 4 is 39.7 Å². The molecule has 2 N–H and O–H groups in total. The van der Waals surface area contributed by atoms with Crippen molar-refractivity contribution in [1.82, 2.24) is 20.3 Å². The number of amides is 1. The van der Waals surface area contributed by atoms with Gasteiger partial charge in [-0.3, -0.25) is 4.79 Å². The third kappa shape index (κ3) is 4.11. The van der Waals surface area contributed by atoms with Gasteiger partial charge in [0.1, 0.15) is 5.69 Å². The van der Waals surface area contributed by atoms with E-state index in [4.69, 9.17) is 0 Å². The van der Waals surface area contributed by atoms with Gasteiger partial charge in [-0.1, -0.05) is 6.07 Å². The monoisotopic (exact) mass is 345 g/mol. The van der Waals surface area contributed by atoms with Crippen molar-refractivity contribution in [2.45, 2.75) is 20.4 Å². The molecule has 0 spiro atoms. The highest BCUT2D eigenvalue weighted by atomic mass is 32.1. The number of thiophene rings is 1. The molecule has 0 saturated carbocycles. The third-order valence-corrected chi connectivity index (χ3v) is 4.58. The first kappa shape index (κ1) is 15.6. The number of nitrogens with one attached hydrogen (secondary N) is 2. The van der Waals surface area contributed by atoms with Crippen molar-refractivity contribution in [3.63, 3.8) is 0 Å². The third-order valence-electron chi connectivity index (χ3n) is 2.94. The fourth-order valence-electron chi connectivity index (χ4n) is 1.98. The summed E-state index contributed by atoms with van der Waals surface area (Å²) in [6, 6.07) is 5.84. The quantitative estimate of drug-likeness (QED) is 0.742. The fourth-order valence-corrected chi connectivity index (χ4v) is 3.31. The number of hydrogen-bond donors (Lipinski definition) is 2. The van der Waals surface area contributed by atoms with Gasteiger partial charge >= 0.3 is 0 Å². The molecular formula is C15H15N5OS2. The van der Waals surface area contributed by atoms with E-state index in [9.17, 15) is 4.79 Å². The summed E-state index contributed by atoms with van der Waals surface area (Å²) in [5.74, 6) is 0.298. The van der Waals surface area contributed by atoms with Gasteiger partial charge in [-0.15, -0.1) is 22.7 Å². The van der Waals surface area contributed by atoms with Crippen molar-refractivity contribution in [3.05, 3.63) is 50.9 Å². The van der Waals surface area contributed by atoms with E-state index in [-0.39, 0.29) is 5.91 Å². The highest BCUT2D eigenvalue weighted by Gasteiger charge is 2.11. The smallest absolute Gasteiger partial charge is 0.271 e. The van der Waals surface area contributed by atoms with E-state index in [0.29, 0.717) is 23.3 Å². The van der Waals surface area contributed by atoms with Gasteiger partial charge in [0.2, 0.25) is 5.95 Å². The molecule has 0 fully saturated rings. The number of carbonyl (C=O) groups excluding carboxylic acids is 1. The van der Waals surface area contributed by atoms with Gasteiger partial charge < -0.3 is 10.6 Å². The average Bonchev–Trinajstić information content (AvgIpc) is 3.15. The summed E-state index contributed by atoms with van der Waals surface area (Å²) >= 11 is 2.96. The van der Waals surface area contributed by atoms with Gasteiger partial charge in [-0.05, 0) is 31.4 Å². The van der Waals surface area contributed by atoms with Gasteiger partial charge in [0.25, 0.3) is 5.91 Å². The topological polar surface area (TPSA) is 79.8 Å². The molecule has 0 aromatic carbocycles. The number of aromatic nitrogens is 3. The molecule has 0 atom stereocenters. The lowest BCUT2D eigenvalue weighted by Crippen LogP contribution is -2.22. The first-order chi connectivity index (χ1) is 11.1. The Hall–Kier alpha value is -2.32. The molecule has 23 heavy (non-hydrogen) atoms. The highest BCUT2D eigenvalue weighted by Crippen LogP contribution is 2.19.